The van der Waals surface area contributed by atoms with E-state index in [1.807, 2.05) is 0 Å². The molecular formula is C32H47O3P. The van der Waals surface area contributed by atoms with Gasteiger partial charge in [-0.3, -0.25) is 4.79 Å². The van der Waals surface area contributed by atoms with Gasteiger partial charge in [-0.05, 0) is 62.5 Å². The quantitative estimate of drug-likeness (QED) is 0.349. The van der Waals surface area contributed by atoms with Crippen LogP contribution in [0.4, 0.5) is 0 Å². The van der Waals surface area contributed by atoms with Crippen LogP contribution in [0.15, 0.2) is 24.3 Å². The molecule has 1 saturated heterocycles. The van der Waals surface area contributed by atoms with Crippen LogP contribution in [0.1, 0.15) is 117 Å². The molecule has 1 aliphatic heterocycles. The molecule has 0 spiro atoms. The molecule has 2 aromatic rings. The van der Waals surface area contributed by atoms with Gasteiger partial charge < -0.3 is 9.47 Å². The Morgan fingerprint density at radius 3 is 1.56 bits per heavy atom. The summed E-state index contributed by atoms with van der Waals surface area (Å²) in [5.41, 5.74) is 6.55. The van der Waals surface area contributed by atoms with E-state index in [0.717, 1.165) is 11.5 Å². The molecule has 1 aliphatic rings. The standard InChI is InChI=1S/C32H47O3P/c1-19(2)22-15-24(20(3)4)28(25(16-22)21(5)6)29-26(34-11)13-14-27(35-12)30(29)36-31(7,8)17-23(33)18-32(36,9)10/h13-16,19-21H,17-18H2,1-12H3. The second kappa shape index (κ2) is 10.5. The number of rotatable bonds is 7. The first-order chi connectivity index (χ1) is 16.7. The van der Waals surface area contributed by atoms with E-state index >= 15 is 0 Å². The monoisotopic (exact) mass is 510 g/mol. The van der Waals surface area contributed by atoms with Crippen molar-refractivity contribution in [1.29, 1.82) is 0 Å². The summed E-state index contributed by atoms with van der Waals surface area (Å²) in [6.45, 7) is 22.8. The summed E-state index contributed by atoms with van der Waals surface area (Å²) in [6, 6.07) is 8.95. The first-order valence-electron chi connectivity index (χ1n) is 13.4. The highest BCUT2D eigenvalue weighted by molar-refractivity contribution is 7.69. The van der Waals surface area contributed by atoms with Crippen LogP contribution in [-0.2, 0) is 4.79 Å². The number of hydrogen-bond donors (Lipinski definition) is 0. The summed E-state index contributed by atoms with van der Waals surface area (Å²) in [5, 5.41) is 0.933. The van der Waals surface area contributed by atoms with Crippen molar-refractivity contribution >= 4 is 19.0 Å². The maximum Gasteiger partial charge on any atom is 0.134 e. The first kappa shape index (κ1) is 28.7. The van der Waals surface area contributed by atoms with E-state index in [4.69, 9.17) is 9.47 Å². The Balaban J connectivity index is 2.56. The number of hydrogen-bond acceptors (Lipinski definition) is 3. The van der Waals surface area contributed by atoms with Crippen LogP contribution in [-0.4, -0.2) is 30.3 Å². The number of carbonyl (C=O) groups excluding carboxylic acids is 1. The third-order valence-electron chi connectivity index (χ3n) is 7.62. The molecule has 2 aromatic carbocycles. The average molecular weight is 511 g/mol. The Labute approximate surface area is 221 Å². The third-order valence-corrected chi connectivity index (χ3v) is 11.2. The number of carbonyl (C=O) groups is 1. The van der Waals surface area contributed by atoms with Gasteiger partial charge in [-0.15, -0.1) is 0 Å². The van der Waals surface area contributed by atoms with Crippen LogP contribution in [0.5, 0.6) is 11.5 Å². The van der Waals surface area contributed by atoms with Gasteiger partial charge in [0.2, 0.25) is 0 Å². The Morgan fingerprint density at radius 2 is 1.17 bits per heavy atom. The minimum atomic E-state index is -0.782. The smallest absolute Gasteiger partial charge is 0.134 e. The van der Waals surface area contributed by atoms with Gasteiger partial charge in [0.15, 0.2) is 0 Å². The molecule has 0 amide bonds. The van der Waals surface area contributed by atoms with E-state index < -0.39 is 7.92 Å². The van der Waals surface area contributed by atoms with Crippen molar-refractivity contribution in [2.45, 2.75) is 110 Å². The molecule has 0 aromatic heterocycles. The number of ether oxygens (including phenoxy) is 2. The molecular weight excluding hydrogens is 463 g/mol. The van der Waals surface area contributed by atoms with Gasteiger partial charge in [0.25, 0.3) is 0 Å². The van der Waals surface area contributed by atoms with E-state index in [0.29, 0.717) is 36.4 Å². The summed E-state index contributed by atoms with van der Waals surface area (Å²) in [4.78, 5) is 12.8. The normalized spacial score (nSPS) is 17.8. The summed E-state index contributed by atoms with van der Waals surface area (Å²) >= 11 is 0. The fourth-order valence-electron chi connectivity index (χ4n) is 6.21. The van der Waals surface area contributed by atoms with Crippen molar-refractivity contribution in [2.75, 3.05) is 14.2 Å². The van der Waals surface area contributed by atoms with Crippen molar-refractivity contribution < 1.29 is 14.3 Å². The van der Waals surface area contributed by atoms with Gasteiger partial charge in [-0.25, -0.2) is 0 Å². The zero-order valence-electron chi connectivity index (χ0n) is 24.6. The van der Waals surface area contributed by atoms with Gasteiger partial charge in [0, 0.05) is 23.7 Å². The highest BCUT2D eigenvalue weighted by Gasteiger charge is 2.50. The van der Waals surface area contributed by atoms with E-state index in [1.54, 1.807) is 14.2 Å². The molecule has 0 atom stereocenters. The van der Waals surface area contributed by atoms with Crippen molar-refractivity contribution in [1.82, 2.24) is 0 Å². The van der Waals surface area contributed by atoms with E-state index in [1.165, 1.54) is 33.1 Å². The third kappa shape index (κ3) is 5.24. The number of benzene rings is 2. The SMILES string of the molecule is COc1ccc(OC)c(P2C(C)(C)CC(=O)CC2(C)C)c1-c1c(C(C)C)cc(C(C)C)cc1C(C)C. The lowest BCUT2D eigenvalue weighted by molar-refractivity contribution is -0.120. The van der Waals surface area contributed by atoms with Gasteiger partial charge in [-0.2, -0.15) is 0 Å². The van der Waals surface area contributed by atoms with Gasteiger partial charge in [0.1, 0.15) is 17.3 Å². The maximum absolute atomic E-state index is 12.8. The van der Waals surface area contributed by atoms with Crippen LogP contribution < -0.4 is 14.8 Å². The lowest BCUT2D eigenvalue weighted by Gasteiger charge is -2.50. The van der Waals surface area contributed by atoms with Gasteiger partial charge in [-0.1, -0.05) is 89.3 Å². The van der Waals surface area contributed by atoms with Gasteiger partial charge >= 0.3 is 0 Å². The zero-order valence-corrected chi connectivity index (χ0v) is 25.5. The summed E-state index contributed by atoms with van der Waals surface area (Å²) < 4.78 is 12.2. The lowest BCUT2D eigenvalue weighted by Crippen LogP contribution is -2.44. The Kier molecular flexibility index (Phi) is 8.36. The van der Waals surface area contributed by atoms with Crippen molar-refractivity contribution in [2.24, 2.45) is 0 Å². The minimum Gasteiger partial charge on any atom is -0.496 e. The Hall–Kier alpha value is -1.86. The number of Topliss-reactive ketones (excluding diaryl/α,β-unsaturated/α-hetero) is 1. The first-order valence-corrected chi connectivity index (χ1v) is 14.8. The highest BCUT2D eigenvalue weighted by atomic mass is 31.1. The molecule has 36 heavy (non-hydrogen) atoms. The number of ketones is 1. The highest BCUT2D eigenvalue weighted by Crippen LogP contribution is 2.67. The second-order valence-corrected chi connectivity index (χ2v) is 16.1. The van der Waals surface area contributed by atoms with Crippen molar-refractivity contribution in [3.05, 3.63) is 41.0 Å². The molecule has 1 fully saturated rings. The fourth-order valence-corrected chi connectivity index (χ4v) is 10.6. The Bertz CT molecular complexity index is 1080. The van der Waals surface area contributed by atoms with E-state index in [-0.39, 0.29) is 10.3 Å². The van der Waals surface area contributed by atoms with Crippen LogP contribution in [0.3, 0.4) is 0 Å². The summed E-state index contributed by atoms with van der Waals surface area (Å²) in [5.74, 6) is 3.30. The molecule has 4 heteroatoms. The van der Waals surface area contributed by atoms with E-state index in [9.17, 15) is 4.79 Å². The molecule has 0 aliphatic carbocycles. The molecule has 1 heterocycles. The van der Waals surface area contributed by atoms with Crippen LogP contribution in [0.2, 0.25) is 0 Å². The van der Waals surface area contributed by atoms with Crippen molar-refractivity contribution in [3.63, 3.8) is 0 Å². The molecule has 0 saturated carbocycles. The second-order valence-electron chi connectivity index (χ2n) is 12.6. The lowest BCUT2D eigenvalue weighted by atomic mass is 9.81. The molecule has 0 N–H and O–H groups in total. The molecule has 3 rings (SSSR count). The van der Waals surface area contributed by atoms with Gasteiger partial charge in [0.05, 0.1) is 14.2 Å². The molecule has 0 unspecified atom stereocenters. The van der Waals surface area contributed by atoms with Crippen LogP contribution >= 0.6 is 7.92 Å². The predicted molar refractivity (Wildman–Crippen MR) is 156 cm³/mol. The van der Waals surface area contributed by atoms with E-state index in [2.05, 4.69) is 93.5 Å². The average Bonchev–Trinajstić information content (AvgIpc) is 2.75. The summed E-state index contributed by atoms with van der Waals surface area (Å²) in [6.07, 6.45) is 1.20. The zero-order chi connectivity index (χ0) is 27.2. The summed E-state index contributed by atoms with van der Waals surface area (Å²) in [7, 11) is 2.76. The Morgan fingerprint density at radius 1 is 0.722 bits per heavy atom. The molecule has 0 bridgehead atoms. The fraction of sp³-hybridized carbons (Fsp3) is 0.594. The maximum atomic E-state index is 12.8. The predicted octanol–water partition coefficient (Wildman–Crippen LogP) is 8.77. The number of methoxy groups -OCH3 is 2. The van der Waals surface area contributed by atoms with Crippen LogP contribution in [0.25, 0.3) is 11.1 Å². The van der Waals surface area contributed by atoms with Crippen molar-refractivity contribution in [3.8, 4) is 22.6 Å². The molecule has 198 valence electrons. The molecule has 0 radical (unpaired) electrons. The largest absolute Gasteiger partial charge is 0.496 e. The topological polar surface area (TPSA) is 35.5 Å². The van der Waals surface area contributed by atoms with Crippen LogP contribution in [0, 0.1) is 0 Å². The minimum absolute atomic E-state index is 0.156. The molecule has 3 nitrogen and oxygen atoms in total.